The van der Waals surface area contributed by atoms with Gasteiger partial charge >= 0.3 is 0 Å². The van der Waals surface area contributed by atoms with Crippen LogP contribution in [0.1, 0.15) is 30.2 Å². The number of thioether (sulfide) groups is 1. The Morgan fingerprint density at radius 3 is 2.62 bits per heavy atom. The Labute approximate surface area is 137 Å². The van der Waals surface area contributed by atoms with E-state index in [4.69, 9.17) is 27.6 Å². The minimum atomic E-state index is 0.372. The third-order valence-corrected chi connectivity index (χ3v) is 5.07. The SMILES string of the molecule is Clc1cccc(Cl)c1CSc1nnc(C2CCNCC2)o1. The normalized spacial score (nSPS) is 16.3. The minimum absolute atomic E-state index is 0.372. The fourth-order valence-corrected chi connectivity index (χ4v) is 3.83. The molecule has 0 aliphatic carbocycles. The fourth-order valence-electron chi connectivity index (χ4n) is 2.32. The smallest absolute Gasteiger partial charge is 0.276 e. The van der Waals surface area contributed by atoms with E-state index < -0.39 is 0 Å². The summed E-state index contributed by atoms with van der Waals surface area (Å²) in [5.41, 5.74) is 0.896. The van der Waals surface area contributed by atoms with Crippen molar-refractivity contribution in [2.75, 3.05) is 13.1 Å². The summed E-state index contributed by atoms with van der Waals surface area (Å²) in [7, 11) is 0. The highest BCUT2D eigenvalue weighted by molar-refractivity contribution is 7.98. The number of nitrogens with one attached hydrogen (secondary N) is 1. The molecule has 0 bridgehead atoms. The minimum Gasteiger partial charge on any atom is -0.416 e. The van der Waals surface area contributed by atoms with E-state index in [1.165, 1.54) is 11.8 Å². The predicted octanol–water partition coefficient (Wildman–Crippen LogP) is 4.14. The average molecular weight is 344 g/mol. The van der Waals surface area contributed by atoms with Crippen molar-refractivity contribution < 1.29 is 4.42 Å². The zero-order chi connectivity index (χ0) is 14.7. The van der Waals surface area contributed by atoms with Crippen LogP contribution in [0.3, 0.4) is 0 Å². The summed E-state index contributed by atoms with van der Waals surface area (Å²) in [5.74, 6) is 1.73. The lowest BCUT2D eigenvalue weighted by Gasteiger charge is -2.18. The summed E-state index contributed by atoms with van der Waals surface area (Å²) in [6.45, 7) is 2.01. The first kappa shape index (κ1) is 15.2. The molecule has 0 spiro atoms. The van der Waals surface area contributed by atoms with Gasteiger partial charge in [-0.1, -0.05) is 41.0 Å². The fraction of sp³-hybridized carbons (Fsp3) is 0.429. The summed E-state index contributed by atoms with van der Waals surface area (Å²) in [4.78, 5) is 0. The standard InChI is InChI=1S/C14H15Cl2N3OS/c15-11-2-1-3-12(16)10(11)8-21-14-19-18-13(20-14)9-4-6-17-7-5-9/h1-3,9,17H,4-8H2. The van der Waals surface area contributed by atoms with Crippen molar-refractivity contribution in [3.8, 4) is 0 Å². The Bertz CT molecular complexity index is 594. The second-order valence-electron chi connectivity index (χ2n) is 4.92. The van der Waals surface area contributed by atoms with Gasteiger partial charge in [-0.25, -0.2) is 0 Å². The van der Waals surface area contributed by atoms with Gasteiger partial charge in [0, 0.05) is 21.7 Å². The van der Waals surface area contributed by atoms with Crippen LogP contribution in [0.15, 0.2) is 27.8 Å². The summed E-state index contributed by atoms with van der Waals surface area (Å²) in [6.07, 6.45) is 2.09. The second-order valence-corrected chi connectivity index (χ2v) is 6.66. The molecule has 1 saturated heterocycles. The number of piperidine rings is 1. The molecule has 21 heavy (non-hydrogen) atoms. The molecule has 112 valence electrons. The van der Waals surface area contributed by atoms with Gasteiger partial charge in [-0.2, -0.15) is 0 Å². The van der Waals surface area contributed by atoms with Gasteiger partial charge in [-0.05, 0) is 43.6 Å². The third kappa shape index (κ3) is 3.72. The highest BCUT2D eigenvalue weighted by Gasteiger charge is 2.21. The van der Waals surface area contributed by atoms with Crippen molar-refractivity contribution in [2.45, 2.75) is 29.7 Å². The monoisotopic (exact) mass is 343 g/mol. The van der Waals surface area contributed by atoms with Gasteiger partial charge in [0.25, 0.3) is 5.22 Å². The number of hydrogen-bond donors (Lipinski definition) is 1. The van der Waals surface area contributed by atoms with Crippen molar-refractivity contribution in [1.82, 2.24) is 15.5 Å². The van der Waals surface area contributed by atoms with Crippen LogP contribution in [0, 0.1) is 0 Å². The zero-order valence-electron chi connectivity index (χ0n) is 11.3. The third-order valence-electron chi connectivity index (χ3n) is 3.51. The number of benzene rings is 1. The van der Waals surface area contributed by atoms with Gasteiger partial charge in [0.05, 0.1) is 0 Å². The van der Waals surface area contributed by atoms with E-state index in [2.05, 4.69) is 15.5 Å². The molecular weight excluding hydrogens is 329 g/mol. The van der Waals surface area contributed by atoms with Crippen molar-refractivity contribution in [3.63, 3.8) is 0 Å². The Morgan fingerprint density at radius 2 is 1.90 bits per heavy atom. The molecule has 4 nitrogen and oxygen atoms in total. The van der Waals surface area contributed by atoms with Crippen LogP contribution < -0.4 is 5.32 Å². The molecular formula is C14H15Cl2N3OS. The molecule has 1 fully saturated rings. The Kier molecular flexibility index (Phi) is 5.06. The maximum absolute atomic E-state index is 6.15. The number of rotatable bonds is 4. The van der Waals surface area contributed by atoms with Crippen LogP contribution in [0.2, 0.25) is 10.0 Å². The molecule has 1 aromatic heterocycles. The van der Waals surface area contributed by atoms with E-state index in [9.17, 15) is 0 Å². The molecule has 2 heterocycles. The summed E-state index contributed by atoms with van der Waals surface area (Å²) >= 11 is 13.8. The lowest BCUT2D eigenvalue weighted by atomic mass is 9.98. The van der Waals surface area contributed by atoms with E-state index in [0.29, 0.717) is 26.9 Å². The first-order valence-corrected chi connectivity index (χ1v) is 8.58. The van der Waals surface area contributed by atoms with Crippen LogP contribution in [0.4, 0.5) is 0 Å². The van der Waals surface area contributed by atoms with Crippen LogP contribution in [-0.4, -0.2) is 23.3 Å². The molecule has 0 amide bonds. The number of aromatic nitrogens is 2. The molecule has 3 rings (SSSR count). The van der Waals surface area contributed by atoms with E-state index in [1.54, 1.807) is 0 Å². The highest BCUT2D eigenvalue weighted by Crippen LogP contribution is 2.32. The predicted molar refractivity (Wildman–Crippen MR) is 85.2 cm³/mol. The van der Waals surface area contributed by atoms with Gasteiger partial charge in [0.2, 0.25) is 5.89 Å². The number of nitrogens with zero attached hydrogens (tertiary/aromatic N) is 2. The topological polar surface area (TPSA) is 51.0 Å². The summed E-state index contributed by atoms with van der Waals surface area (Å²) in [6, 6.07) is 5.50. The summed E-state index contributed by atoms with van der Waals surface area (Å²) < 4.78 is 5.75. The molecule has 2 aromatic rings. The maximum Gasteiger partial charge on any atom is 0.276 e. The van der Waals surface area contributed by atoms with Gasteiger partial charge in [-0.15, -0.1) is 10.2 Å². The quantitative estimate of drug-likeness (QED) is 0.845. The molecule has 1 aliphatic rings. The molecule has 0 saturated carbocycles. The first-order valence-electron chi connectivity index (χ1n) is 6.84. The molecule has 0 atom stereocenters. The van der Waals surface area contributed by atoms with E-state index in [-0.39, 0.29) is 0 Å². The lowest BCUT2D eigenvalue weighted by molar-refractivity contribution is 0.342. The van der Waals surface area contributed by atoms with Gasteiger partial charge in [-0.3, -0.25) is 0 Å². The van der Waals surface area contributed by atoms with Crippen LogP contribution in [0.5, 0.6) is 0 Å². The number of halogens is 2. The Hall–Kier alpha value is -0.750. The summed E-state index contributed by atoms with van der Waals surface area (Å²) in [5, 5.41) is 13.5. The lowest BCUT2D eigenvalue weighted by Crippen LogP contribution is -2.26. The van der Waals surface area contributed by atoms with E-state index in [0.717, 1.165) is 37.4 Å². The van der Waals surface area contributed by atoms with E-state index in [1.807, 2.05) is 18.2 Å². The molecule has 0 radical (unpaired) electrons. The number of hydrogen-bond acceptors (Lipinski definition) is 5. The van der Waals surface area contributed by atoms with Crippen molar-refractivity contribution in [1.29, 1.82) is 0 Å². The van der Waals surface area contributed by atoms with Crippen molar-refractivity contribution >= 4 is 35.0 Å². The molecule has 1 N–H and O–H groups in total. The van der Waals surface area contributed by atoms with Crippen molar-refractivity contribution in [3.05, 3.63) is 39.7 Å². The van der Waals surface area contributed by atoms with E-state index >= 15 is 0 Å². The molecule has 1 aliphatic heterocycles. The van der Waals surface area contributed by atoms with Crippen molar-refractivity contribution in [2.24, 2.45) is 0 Å². The Balaban J connectivity index is 1.64. The Morgan fingerprint density at radius 1 is 1.19 bits per heavy atom. The van der Waals surface area contributed by atoms with Gasteiger partial charge in [0.15, 0.2) is 0 Å². The average Bonchev–Trinajstić information content (AvgIpc) is 2.97. The maximum atomic E-state index is 6.15. The molecule has 1 aromatic carbocycles. The zero-order valence-corrected chi connectivity index (χ0v) is 13.6. The van der Waals surface area contributed by atoms with Crippen LogP contribution in [0.25, 0.3) is 0 Å². The largest absolute Gasteiger partial charge is 0.416 e. The van der Waals surface area contributed by atoms with Crippen LogP contribution in [-0.2, 0) is 5.75 Å². The molecule has 0 unspecified atom stereocenters. The van der Waals surface area contributed by atoms with Gasteiger partial charge in [0.1, 0.15) is 0 Å². The highest BCUT2D eigenvalue weighted by atomic mass is 35.5. The van der Waals surface area contributed by atoms with Crippen LogP contribution >= 0.6 is 35.0 Å². The molecule has 7 heteroatoms. The second kappa shape index (κ2) is 7.01. The first-order chi connectivity index (χ1) is 10.2. The van der Waals surface area contributed by atoms with Gasteiger partial charge < -0.3 is 9.73 Å².